The molecule has 1 unspecified atom stereocenters. The highest BCUT2D eigenvalue weighted by molar-refractivity contribution is 7.18. The first kappa shape index (κ1) is 17.7. The standard InChI is InChI=1S/C17H13Cl2N3O2S/c1-10(24-14-4-2-3-13(19)9-14)15(23)20-17-22-21-16(25-17)11-5-7-12(18)8-6-11/h2-10H,1H3,(H,20,22,23). The van der Waals surface area contributed by atoms with Crippen LogP contribution in [0.15, 0.2) is 48.5 Å². The normalized spacial score (nSPS) is 11.8. The summed E-state index contributed by atoms with van der Waals surface area (Å²) in [4.78, 5) is 12.2. The van der Waals surface area contributed by atoms with Crippen molar-refractivity contribution in [2.75, 3.05) is 5.32 Å². The first-order valence-electron chi connectivity index (χ1n) is 7.34. The highest BCUT2D eigenvalue weighted by atomic mass is 35.5. The maximum Gasteiger partial charge on any atom is 0.266 e. The van der Waals surface area contributed by atoms with Crippen molar-refractivity contribution in [3.8, 4) is 16.3 Å². The summed E-state index contributed by atoms with van der Waals surface area (Å²) in [6, 6.07) is 14.1. The van der Waals surface area contributed by atoms with Gasteiger partial charge in [0.15, 0.2) is 6.10 Å². The Morgan fingerprint density at radius 3 is 2.60 bits per heavy atom. The van der Waals surface area contributed by atoms with Crippen molar-refractivity contribution in [1.82, 2.24) is 10.2 Å². The highest BCUT2D eigenvalue weighted by Crippen LogP contribution is 2.27. The van der Waals surface area contributed by atoms with E-state index in [1.54, 1.807) is 43.3 Å². The monoisotopic (exact) mass is 393 g/mol. The van der Waals surface area contributed by atoms with Gasteiger partial charge in [0.2, 0.25) is 5.13 Å². The van der Waals surface area contributed by atoms with Crippen LogP contribution in [0.3, 0.4) is 0 Å². The van der Waals surface area contributed by atoms with Crippen LogP contribution in [0.25, 0.3) is 10.6 Å². The van der Waals surface area contributed by atoms with Crippen molar-refractivity contribution < 1.29 is 9.53 Å². The zero-order valence-electron chi connectivity index (χ0n) is 13.1. The molecule has 128 valence electrons. The number of halogens is 2. The molecule has 2 aromatic carbocycles. The van der Waals surface area contributed by atoms with Gasteiger partial charge in [0.05, 0.1) is 0 Å². The van der Waals surface area contributed by atoms with E-state index < -0.39 is 6.10 Å². The lowest BCUT2D eigenvalue weighted by atomic mass is 10.2. The molecule has 1 N–H and O–H groups in total. The van der Waals surface area contributed by atoms with Gasteiger partial charge in [0, 0.05) is 15.6 Å². The van der Waals surface area contributed by atoms with E-state index in [4.69, 9.17) is 27.9 Å². The number of ether oxygens (including phenoxy) is 1. The van der Waals surface area contributed by atoms with Crippen molar-refractivity contribution in [3.63, 3.8) is 0 Å². The molecule has 3 rings (SSSR count). The van der Waals surface area contributed by atoms with Gasteiger partial charge in [-0.3, -0.25) is 10.1 Å². The molecule has 0 aliphatic heterocycles. The van der Waals surface area contributed by atoms with E-state index in [2.05, 4.69) is 15.5 Å². The number of hydrogen-bond donors (Lipinski definition) is 1. The molecule has 0 bridgehead atoms. The minimum atomic E-state index is -0.707. The smallest absolute Gasteiger partial charge is 0.266 e. The number of rotatable bonds is 5. The van der Waals surface area contributed by atoms with Gasteiger partial charge in [-0.1, -0.05) is 52.7 Å². The lowest BCUT2D eigenvalue weighted by Crippen LogP contribution is -2.30. The molecule has 0 aliphatic rings. The van der Waals surface area contributed by atoms with Gasteiger partial charge in [0.1, 0.15) is 10.8 Å². The molecule has 1 atom stereocenters. The second-order valence-electron chi connectivity index (χ2n) is 5.13. The zero-order chi connectivity index (χ0) is 17.8. The first-order chi connectivity index (χ1) is 12.0. The van der Waals surface area contributed by atoms with Gasteiger partial charge in [-0.2, -0.15) is 0 Å². The number of carbonyl (C=O) groups is 1. The maximum absolute atomic E-state index is 12.2. The Morgan fingerprint density at radius 1 is 1.12 bits per heavy atom. The Kier molecular flexibility index (Phi) is 5.53. The van der Waals surface area contributed by atoms with Crippen LogP contribution in [0.2, 0.25) is 10.0 Å². The molecule has 1 amide bonds. The van der Waals surface area contributed by atoms with Crippen LogP contribution in [-0.4, -0.2) is 22.2 Å². The number of amides is 1. The molecule has 0 saturated heterocycles. The third-order valence-corrected chi connectivity index (χ3v) is 4.60. The Balaban J connectivity index is 1.64. The van der Waals surface area contributed by atoms with E-state index in [0.29, 0.717) is 25.9 Å². The number of benzene rings is 2. The minimum Gasteiger partial charge on any atom is -0.481 e. The highest BCUT2D eigenvalue weighted by Gasteiger charge is 2.17. The summed E-state index contributed by atoms with van der Waals surface area (Å²) in [6.45, 7) is 1.65. The minimum absolute atomic E-state index is 0.321. The van der Waals surface area contributed by atoms with Crippen molar-refractivity contribution in [2.45, 2.75) is 13.0 Å². The van der Waals surface area contributed by atoms with Gasteiger partial charge in [-0.25, -0.2) is 0 Å². The van der Waals surface area contributed by atoms with E-state index in [-0.39, 0.29) is 5.91 Å². The Morgan fingerprint density at radius 2 is 1.88 bits per heavy atom. The number of carbonyl (C=O) groups excluding carboxylic acids is 1. The fraction of sp³-hybridized carbons (Fsp3) is 0.118. The fourth-order valence-corrected chi connectivity index (χ4v) is 3.05. The van der Waals surface area contributed by atoms with Crippen molar-refractivity contribution in [1.29, 1.82) is 0 Å². The Hall–Kier alpha value is -2.15. The summed E-state index contributed by atoms with van der Waals surface area (Å²) in [6.07, 6.45) is -0.707. The molecule has 0 fully saturated rings. The third-order valence-electron chi connectivity index (χ3n) is 3.22. The summed E-state index contributed by atoms with van der Waals surface area (Å²) in [5.41, 5.74) is 0.880. The van der Waals surface area contributed by atoms with Crippen molar-refractivity contribution in [3.05, 3.63) is 58.6 Å². The second kappa shape index (κ2) is 7.82. The van der Waals surface area contributed by atoms with Gasteiger partial charge >= 0.3 is 0 Å². The van der Waals surface area contributed by atoms with Gasteiger partial charge in [0.25, 0.3) is 5.91 Å². The van der Waals surface area contributed by atoms with Crippen molar-refractivity contribution in [2.24, 2.45) is 0 Å². The van der Waals surface area contributed by atoms with E-state index in [1.165, 1.54) is 11.3 Å². The molecule has 0 spiro atoms. The van der Waals surface area contributed by atoms with Crippen LogP contribution in [0, 0.1) is 0 Å². The molecule has 1 aromatic heterocycles. The van der Waals surface area contributed by atoms with Gasteiger partial charge < -0.3 is 4.74 Å². The number of hydrogen-bond acceptors (Lipinski definition) is 5. The van der Waals surface area contributed by atoms with Crippen LogP contribution in [-0.2, 0) is 4.79 Å². The van der Waals surface area contributed by atoms with E-state index >= 15 is 0 Å². The fourth-order valence-electron chi connectivity index (χ4n) is 1.99. The molecular weight excluding hydrogens is 381 g/mol. The maximum atomic E-state index is 12.2. The van der Waals surface area contributed by atoms with E-state index in [1.807, 2.05) is 12.1 Å². The zero-order valence-corrected chi connectivity index (χ0v) is 15.4. The summed E-state index contributed by atoms with van der Waals surface area (Å²) in [5, 5.41) is 13.0. The number of nitrogens with zero attached hydrogens (tertiary/aromatic N) is 2. The summed E-state index contributed by atoms with van der Waals surface area (Å²) in [7, 11) is 0. The number of nitrogens with one attached hydrogen (secondary N) is 1. The van der Waals surface area contributed by atoms with Crippen LogP contribution in [0.4, 0.5) is 5.13 Å². The van der Waals surface area contributed by atoms with Crippen LogP contribution in [0.5, 0.6) is 5.75 Å². The molecule has 3 aromatic rings. The van der Waals surface area contributed by atoms with E-state index in [0.717, 1.165) is 5.56 Å². The lowest BCUT2D eigenvalue weighted by molar-refractivity contribution is -0.122. The summed E-state index contributed by atoms with van der Waals surface area (Å²) >= 11 is 13.0. The molecule has 0 aliphatic carbocycles. The van der Waals surface area contributed by atoms with Crippen LogP contribution >= 0.6 is 34.5 Å². The topological polar surface area (TPSA) is 64.1 Å². The molecule has 25 heavy (non-hydrogen) atoms. The number of anilines is 1. The quantitative estimate of drug-likeness (QED) is 0.667. The predicted octanol–water partition coefficient (Wildman–Crippen LogP) is 4.92. The molecule has 8 heteroatoms. The number of aromatic nitrogens is 2. The van der Waals surface area contributed by atoms with E-state index in [9.17, 15) is 4.79 Å². The van der Waals surface area contributed by atoms with Gasteiger partial charge in [-0.15, -0.1) is 10.2 Å². The molecule has 5 nitrogen and oxygen atoms in total. The van der Waals surface area contributed by atoms with Crippen LogP contribution < -0.4 is 10.1 Å². The molecule has 0 saturated carbocycles. The summed E-state index contributed by atoms with van der Waals surface area (Å²) in [5.74, 6) is 0.202. The van der Waals surface area contributed by atoms with Crippen molar-refractivity contribution >= 4 is 45.6 Å². The molecule has 0 radical (unpaired) electrons. The second-order valence-corrected chi connectivity index (χ2v) is 6.98. The molecular formula is C17H13Cl2N3O2S. The average molecular weight is 394 g/mol. The summed E-state index contributed by atoms with van der Waals surface area (Å²) < 4.78 is 5.58. The predicted molar refractivity (Wildman–Crippen MR) is 101 cm³/mol. The van der Waals surface area contributed by atoms with Crippen LogP contribution in [0.1, 0.15) is 6.92 Å². The molecule has 1 heterocycles. The first-order valence-corrected chi connectivity index (χ1v) is 8.91. The Bertz CT molecular complexity index is 884. The average Bonchev–Trinajstić information content (AvgIpc) is 3.04. The third kappa shape index (κ3) is 4.69. The largest absolute Gasteiger partial charge is 0.481 e. The lowest BCUT2D eigenvalue weighted by Gasteiger charge is -2.13. The van der Waals surface area contributed by atoms with Gasteiger partial charge in [-0.05, 0) is 37.3 Å². The SMILES string of the molecule is CC(Oc1cccc(Cl)c1)C(=O)Nc1nnc(-c2ccc(Cl)cc2)s1. The Labute approximate surface area is 158 Å².